The van der Waals surface area contributed by atoms with E-state index in [2.05, 4.69) is 31.1 Å². The van der Waals surface area contributed by atoms with E-state index < -0.39 is 0 Å². The molecule has 26 heavy (non-hydrogen) atoms. The first kappa shape index (κ1) is 18.4. The fourth-order valence-electron chi connectivity index (χ4n) is 2.71. The number of hydrogen-bond donors (Lipinski definition) is 1. The number of rotatable bonds is 6. The van der Waals surface area contributed by atoms with Crippen LogP contribution in [0.15, 0.2) is 42.6 Å². The van der Waals surface area contributed by atoms with E-state index in [1.54, 1.807) is 6.20 Å². The second-order valence-corrected chi connectivity index (χ2v) is 8.20. The van der Waals surface area contributed by atoms with Gasteiger partial charge in [-0.1, -0.05) is 32.9 Å². The lowest BCUT2D eigenvalue weighted by Gasteiger charge is -2.19. The maximum atomic E-state index is 12.5. The zero-order valence-electron chi connectivity index (χ0n) is 16.1. The van der Waals surface area contributed by atoms with Gasteiger partial charge in [-0.2, -0.15) is 0 Å². The lowest BCUT2D eigenvalue weighted by molar-refractivity contribution is 0.0939. The van der Waals surface area contributed by atoms with Crippen LogP contribution in [0.4, 0.5) is 0 Å². The largest absolute Gasteiger partial charge is 0.492 e. The third-order valence-electron chi connectivity index (χ3n) is 4.75. The van der Waals surface area contributed by atoms with Gasteiger partial charge in [0.15, 0.2) is 0 Å². The Morgan fingerprint density at radius 3 is 2.42 bits per heavy atom. The molecule has 1 unspecified atom stereocenters. The zero-order chi connectivity index (χ0) is 18.7. The van der Waals surface area contributed by atoms with Crippen molar-refractivity contribution in [3.05, 3.63) is 59.4 Å². The fourth-order valence-corrected chi connectivity index (χ4v) is 2.71. The minimum atomic E-state index is -0.165. The van der Waals surface area contributed by atoms with Crippen molar-refractivity contribution in [2.75, 3.05) is 6.61 Å². The summed E-state index contributed by atoms with van der Waals surface area (Å²) in [5.74, 6) is 1.42. The molecule has 4 nitrogen and oxygen atoms in total. The monoisotopic (exact) mass is 352 g/mol. The maximum absolute atomic E-state index is 12.5. The van der Waals surface area contributed by atoms with Crippen molar-refractivity contribution in [2.24, 2.45) is 5.92 Å². The Morgan fingerprint density at radius 1 is 1.19 bits per heavy atom. The number of nitrogens with one attached hydrogen (secondary N) is 1. The average Bonchev–Trinajstić information content (AvgIpc) is 3.44. The molecule has 1 aliphatic rings. The second-order valence-electron chi connectivity index (χ2n) is 8.20. The molecular formula is C22H28N2O2. The van der Waals surface area contributed by atoms with Crippen LogP contribution in [0.1, 0.15) is 68.2 Å². The summed E-state index contributed by atoms with van der Waals surface area (Å²) in [7, 11) is 0. The molecule has 1 amide bonds. The molecule has 1 atom stereocenters. The maximum Gasteiger partial charge on any atom is 0.251 e. The van der Waals surface area contributed by atoms with Gasteiger partial charge in [-0.25, -0.2) is 0 Å². The van der Waals surface area contributed by atoms with Gasteiger partial charge in [0.25, 0.3) is 5.91 Å². The van der Waals surface area contributed by atoms with Gasteiger partial charge in [0.1, 0.15) is 5.75 Å². The minimum absolute atomic E-state index is 0.0789. The van der Waals surface area contributed by atoms with Gasteiger partial charge >= 0.3 is 0 Å². The number of carbonyl (C=O) groups is 1. The second kappa shape index (κ2) is 7.48. The summed E-state index contributed by atoms with van der Waals surface area (Å²) in [6.45, 7) is 9.20. The third-order valence-corrected chi connectivity index (χ3v) is 4.75. The molecule has 0 bridgehead atoms. The van der Waals surface area contributed by atoms with Crippen molar-refractivity contribution >= 4 is 5.91 Å². The number of hydrogen-bond acceptors (Lipinski definition) is 3. The molecule has 1 aliphatic carbocycles. The van der Waals surface area contributed by atoms with Crippen molar-refractivity contribution < 1.29 is 9.53 Å². The van der Waals surface area contributed by atoms with E-state index in [9.17, 15) is 4.79 Å². The van der Waals surface area contributed by atoms with E-state index in [4.69, 9.17) is 4.74 Å². The molecule has 0 spiro atoms. The molecular weight excluding hydrogens is 324 g/mol. The van der Waals surface area contributed by atoms with Crippen molar-refractivity contribution in [1.29, 1.82) is 0 Å². The first-order chi connectivity index (χ1) is 12.3. The summed E-state index contributed by atoms with van der Waals surface area (Å²) in [4.78, 5) is 16.9. The van der Waals surface area contributed by atoms with Crippen LogP contribution < -0.4 is 10.1 Å². The van der Waals surface area contributed by atoms with Crippen LogP contribution in [0.3, 0.4) is 0 Å². The molecule has 1 heterocycles. The lowest BCUT2D eigenvalue weighted by atomic mass is 9.86. The summed E-state index contributed by atoms with van der Waals surface area (Å²) in [5, 5.41) is 3.01. The molecule has 2 aromatic rings. The molecule has 0 aliphatic heterocycles. The summed E-state index contributed by atoms with van der Waals surface area (Å²) in [6, 6.07) is 11.5. The van der Waals surface area contributed by atoms with Gasteiger partial charge in [-0.05, 0) is 60.9 Å². The predicted octanol–water partition coefficient (Wildman–Crippen LogP) is 4.66. The fraction of sp³-hybridized carbons (Fsp3) is 0.455. The molecule has 1 fully saturated rings. The van der Waals surface area contributed by atoms with Crippen LogP contribution in [0.2, 0.25) is 0 Å². The number of aromatic nitrogens is 1. The summed E-state index contributed by atoms with van der Waals surface area (Å²) in [5.41, 5.74) is 2.78. The third kappa shape index (κ3) is 4.84. The van der Waals surface area contributed by atoms with E-state index in [0.29, 0.717) is 5.56 Å². The molecule has 1 aromatic heterocycles. The highest BCUT2D eigenvalue weighted by molar-refractivity contribution is 5.94. The Labute approximate surface area is 156 Å². The van der Waals surface area contributed by atoms with Crippen LogP contribution in [0.5, 0.6) is 5.75 Å². The van der Waals surface area contributed by atoms with Crippen molar-refractivity contribution in [2.45, 2.75) is 52.0 Å². The highest BCUT2D eigenvalue weighted by Gasteiger charge is 2.22. The summed E-state index contributed by atoms with van der Waals surface area (Å²) >= 11 is 0. The molecule has 1 N–H and O–H groups in total. The van der Waals surface area contributed by atoms with E-state index in [1.165, 1.54) is 18.4 Å². The number of carbonyl (C=O) groups excluding carboxylic acids is 1. The number of ether oxygens (including phenoxy) is 1. The Hall–Kier alpha value is -2.36. The van der Waals surface area contributed by atoms with Crippen LogP contribution in [-0.2, 0) is 5.41 Å². The molecule has 0 radical (unpaired) electrons. The molecule has 4 heteroatoms. The van der Waals surface area contributed by atoms with Crippen molar-refractivity contribution in [3.8, 4) is 5.75 Å². The van der Waals surface area contributed by atoms with Crippen LogP contribution in [0, 0.1) is 5.92 Å². The van der Waals surface area contributed by atoms with Gasteiger partial charge in [-0.15, -0.1) is 0 Å². The number of pyridine rings is 1. The molecule has 1 saturated carbocycles. The number of nitrogens with zero attached hydrogens (tertiary/aromatic N) is 1. The van der Waals surface area contributed by atoms with Crippen LogP contribution in [0.25, 0.3) is 0 Å². The average molecular weight is 352 g/mol. The van der Waals surface area contributed by atoms with Crippen LogP contribution in [-0.4, -0.2) is 17.5 Å². The Balaban J connectivity index is 1.57. The van der Waals surface area contributed by atoms with Gasteiger partial charge < -0.3 is 10.1 Å². The van der Waals surface area contributed by atoms with Crippen LogP contribution >= 0.6 is 0 Å². The topological polar surface area (TPSA) is 51.2 Å². The van der Waals surface area contributed by atoms with E-state index in [-0.39, 0.29) is 17.4 Å². The minimum Gasteiger partial charge on any atom is -0.492 e. The van der Waals surface area contributed by atoms with Gasteiger partial charge in [0.2, 0.25) is 0 Å². The molecule has 138 valence electrons. The quantitative estimate of drug-likeness (QED) is 0.823. The number of amides is 1. The Morgan fingerprint density at radius 2 is 1.88 bits per heavy atom. The summed E-state index contributed by atoms with van der Waals surface area (Å²) < 4.78 is 5.70. The smallest absolute Gasteiger partial charge is 0.251 e. The molecule has 3 rings (SSSR count). The molecule has 1 aromatic carbocycles. The SMILES string of the molecule is CC(NC(=O)c1ccc(C(C)(C)C)cc1)c1ccc(OCC2CC2)cn1. The van der Waals surface area contributed by atoms with E-state index >= 15 is 0 Å². The zero-order valence-corrected chi connectivity index (χ0v) is 16.1. The number of benzene rings is 1. The van der Waals surface area contributed by atoms with Gasteiger partial charge in [-0.3, -0.25) is 9.78 Å². The normalized spacial score (nSPS) is 15.4. The highest BCUT2D eigenvalue weighted by Crippen LogP contribution is 2.29. The molecule has 0 saturated heterocycles. The Kier molecular flexibility index (Phi) is 5.30. The standard InChI is InChI=1S/C22H28N2O2/c1-15(20-12-11-19(13-23-20)26-14-16-5-6-16)24-21(25)17-7-9-18(10-8-17)22(2,3)4/h7-13,15-16H,5-6,14H2,1-4H3,(H,24,25). The van der Waals surface area contributed by atoms with E-state index in [1.807, 2.05) is 43.3 Å². The summed E-state index contributed by atoms with van der Waals surface area (Å²) in [6.07, 6.45) is 4.27. The first-order valence-electron chi connectivity index (χ1n) is 9.33. The first-order valence-corrected chi connectivity index (χ1v) is 9.33. The van der Waals surface area contributed by atoms with Crippen molar-refractivity contribution in [1.82, 2.24) is 10.3 Å². The Bertz CT molecular complexity index is 741. The van der Waals surface area contributed by atoms with Gasteiger partial charge in [0.05, 0.1) is 24.5 Å². The van der Waals surface area contributed by atoms with Gasteiger partial charge in [0, 0.05) is 5.56 Å². The lowest BCUT2D eigenvalue weighted by Crippen LogP contribution is -2.27. The van der Waals surface area contributed by atoms with Crippen molar-refractivity contribution in [3.63, 3.8) is 0 Å². The highest BCUT2D eigenvalue weighted by atomic mass is 16.5. The predicted molar refractivity (Wildman–Crippen MR) is 103 cm³/mol. The van der Waals surface area contributed by atoms with E-state index in [0.717, 1.165) is 24.0 Å².